The molecular weight excluding hydrogens is 236 g/mol. The fourth-order valence-electron chi connectivity index (χ4n) is 2.31. The second-order valence-corrected chi connectivity index (χ2v) is 4.94. The average Bonchev–Trinajstić information content (AvgIpc) is 2.34. The molecule has 0 amide bonds. The first-order valence-electron chi connectivity index (χ1n) is 5.96. The van der Waals surface area contributed by atoms with Crippen molar-refractivity contribution >= 4 is 0 Å². The lowest BCUT2D eigenvalue weighted by atomic mass is 9.85. The summed E-state index contributed by atoms with van der Waals surface area (Å²) in [6.45, 7) is 8.16. The Balaban J connectivity index is 3.52. The predicted octanol–water partition coefficient (Wildman–Crippen LogP) is 2.86. The summed E-state index contributed by atoms with van der Waals surface area (Å²) in [4.78, 5) is 0. The summed E-state index contributed by atoms with van der Waals surface area (Å²) in [7, 11) is 0. The minimum absolute atomic E-state index is 0.453. The molecule has 1 rings (SSSR count). The highest BCUT2D eigenvalue weighted by atomic mass is 19.3. The number of aliphatic hydroxyl groups is 1. The van der Waals surface area contributed by atoms with E-state index in [1.165, 1.54) is 0 Å². The predicted molar refractivity (Wildman–Crippen MR) is 69.1 cm³/mol. The van der Waals surface area contributed by atoms with Crippen molar-refractivity contribution in [1.82, 2.24) is 0 Å². The molecule has 18 heavy (non-hydrogen) atoms. The van der Waals surface area contributed by atoms with Gasteiger partial charge in [-0.15, -0.1) is 0 Å². The van der Waals surface area contributed by atoms with Crippen molar-refractivity contribution in [1.29, 1.82) is 0 Å². The van der Waals surface area contributed by atoms with Gasteiger partial charge >= 0.3 is 0 Å². The summed E-state index contributed by atoms with van der Waals surface area (Å²) in [6, 6.07) is -1.47. The van der Waals surface area contributed by atoms with Crippen molar-refractivity contribution in [3.05, 3.63) is 33.4 Å². The molecule has 0 aliphatic carbocycles. The zero-order valence-corrected chi connectivity index (χ0v) is 11.6. The fourth-order valence-corrected chi connectivity index (χ4v) is 2.31. The van der Waals surface area contributed by atoms with Gasteiger partial charge in [0.1, 0.15) is 6.61 Å². The van der Waals surface area contributed by atoms with Gasteiger partial charge < -0.3 is 10.8 Å². The van der Waals surface area contributed by atoms with Crippen LogP contribution in [0.4, 0.5) is 8.78 Å². The van der Waals surface area contributed by atoms with Gasteiger partial charge in [0.25, 0.3) is 5.92 Å². The molecule has 0 radical (unpaired) electrons. The maximum absolute atomic E-state index is 13.6. The molecule has 0 bridgehead atoms. The Hall–Kier alpha value is -1.00. The largest absolute Gasteiger partial charge is 0.390 e. The Bertz CT molecular complexity index is 440. The van der Waals surface area contributed by atoms with Gasteiger partial charge in [0.2, 0.25) is 0 Å². The smallest absolute Gasteiger partial charge is 0.289 e. The van der Waals surface area contributed by atoms with Crippen LogP contribution in [0.3, 0.4) is 0 Å². The van der Waals surface area contributed by atoms with Gasteiger partial charge in [-0.2, -0.15) is 0 Å². The van der Waals surface area contributed by atoms with E-state index in [0.29, 0.717) is 5.56 Å². The summed E-state index contributed by atoms with van der Waals surface area (Å²) in [6.07, 6.45) is 0. The Morgan fingerprint density at radius 2 is 1.28 bits per heavy atom. The van der Waals surface area contributed by atoms with E-state index >= 15 is 0 Å². The lowest BCUT2D eigenvalue weighted by Gasteiger charge is -2.27. The maximum Gasteiger partial charge on any atom is 0.289 e. The van der Waals surface area contributed by atoms with E-state index in [1.807, 2.05) is 20.8 Å². The number of rotatable bonds is 3. The normalized spacial score (nSPS) is 13.8. The van der Waals surface area contributed by atoms with E-state index in [1.54, 1.807) is 13.8 Å². The number of aliphatic hydroxyl groups excluding tert-OH is 1. The van der Waals surface area contributed by atoms with Crippen LogP contribution in [0.2, 0.25) is 0 Å². The highest BCUT2D eigenvalue weighted by Gasteiger charge is 2.39. The SMILES string of the molecule is Cc1c(C)c(C)c([C@H](N)C(F)(F)CO)c(C)c1C. The molecule has 0 spiro atoms. The molecule has 0 aliphatic rings. The second kappa shape index (κ2) is 4.94. The van der Waals surface area contributed by atoms with Gasteiger partial charge in [-0.3, -0.25) is 0 Å². The van der Waals surface area contributed by atoms with E-state index in [2.05, 4.69) is 0 Å². The van der Waals surface area contributed by atoms with Crippen LogP contribution in [0.15, 0.2) is 0 Å². The third-order valence-electron chi connectivity index (χ3n) is 4.03. The van der Waals surface area contributed by atoms with Gasteiger partial charge in [0, 0.05) is 0 Å². The molecule has 0 aromatic heterocycles. The average molecular weight is 257 g/mol. The molecular formula is C14H21F2NO. The van der Waals surface area contributed by atoms with Gasteiger partial charge in [0.05, 0.1) is 6.04 Å². The van der Waals surface area contributed by atoms with Gasteiger partial charge in [-0.1, -0.05) is 0 Å². The number of hydrogen-bond acceptors (Lipinski definition) is 2. The summed E-state index contributed by atoms with van der Waals surface area (Å²) in [5.74, 6) is -3.30. The Kier molecular flexibility index (Phi) is 4.13. The molecule has 0 fully saturated rings. The Morgan fingerprint density at radius 3 is 1.61 bits per heavy atom. The van der Waals surface area contributed by atoms with Crippen molar-refractivity contribution in [2.75, 3.05) is 6.61 Å². The quantitative estimate of drug-likeness (QED) is 0.874. The van der Waals surface area contributed by atoms with Gasteiger partial charge in [-0.25, -0.2) is 8.78 Å². The zero-order valence-electron chi connectivity index (χ0n) is 11.6. The van der Waals surface area contributed by atoms with Crippen molar-refractivity contribution in [2.45, 2.75) is 46.6 Å². The topological polar surface area (TPSA) is 46.2 Å². The summed E-state index contributed by atoms with van der Waals surface area (Å²) in [5.41, 5.74) is 10.8. The van der Waals surface area contributed by atoms with Crippen LogP contribution in [0.25, 0.3) is 0 Å². The molecule has 4 heteroatoms. The first-order valence-corrected chi connectivity index (χ1v) is 5.96. The molecule has 1 aromatic carbocycles. The van der Waals surface area contributed by atoms with E-state index in [9.17, 15) is 8.78 Å². The van der Waals surface area contributed by atoms with Crippen molar-refractivity contribution in [3.63, 3.8) is 0 Å². The van der Waals surface area contributed by atoms with Gasteiger partial charge in [0.15, 0.2) is 0 Å². The molecule has 2 nitrogen and oxygen atoms in total. The van der Waals surface area contributed by atoms with Crippen molar-refractivity contribution in [2.24, 2.45) is 5.73 Å². The second-order valence-electron chi connectivity index (χ2n) is 4.94. The number of benzene rings is 1. The van der Waals surface area contributed by atoms with Crippen molar-refractivity contribution in [3.8, 4) is 0 Å². The Morgan fingerprint density at radius 1 is 0.944 bits per heavy atom. The molecule has 3 N–H and O–H groups in total. The molecule has 102 valence electrons. The van der Waals surface area contributed by atoms with Crippen LogP contribution in [0.1, 0.15) is 39.4 Å². The molecule has 0 unspecified atom stereocenters. The Labute approximate surface area is 107 Å². The standard InChI is InChI=1S/C14H21F2NO/c1-7-8(2)10(4)12(11(5)9(7)3)13(17)14(15,16)6-18/h13,18H,6,17H2,1-5H3/t13-/m0/s1. The molecule has 0 saturated heterocycles. The number of hydrogen-bond donors (Lipinski definition) is 2. The van der Waals surface area contributed by atoms with Crippen LogP contribution >= 0.6 is 0 Å². The zero-order chi connectivity index (χ0) is 14.2. The summed E-state index contributed by atoms with van der Waals surface area (Å²) >= 11 is 0. The van der Waals surface area contributed by atoms with E-state index in [-0.39, 0.29) is 0 Å². The van der Waals surface area contributed by atoms with Crippen LogP contribution in [0.5, 0.6) is 0 Å². The van der Waals surface area contributed by atoms with Crippen LogP contribution in [-0.2, 0) is 0 Å². The summed E-state index contributed by atoms with van der Waals surface area (Å²) in [5, 5.41) is 8.77. The van der Waals surface area contributed by atoms with Crippen molar-refractivity contribution < 1.29 is 13.9 Å². The molecule has 0 saturated carbocycles. The lowest BCUT2D eigenvalue weighted by Crippen LogP contribution is -2.37. The highest BCUT2D eigenvalue weighted by molar-refractivity contribution is 5.51. The van der Waals surface area contributed by atoms with Crippen LogP contribution < -0.4 is 5.73 Å². The molecule has 1 atom stereocenters. The monoisotopic (exact) mass is 257 g/mol. The number of nitrogens with two attached hydrogens (primary N) is 1. The molecule has 0 aliphatic heterocycles. The van der Waals surface area contributed by atoms with Crippen LogP contribution in [-0.4, -0.2) is 17.6 Å². The first kappa shape index (κ1) is 15.1. The van der Waals surface area contributed by atoms with E-state index < -0.39 is 18.6 Å². The lowest BCUT2D eigenvalue weighted by molar-refractivity contribution is -0.0714. The van der Waals surface area contributed by atoms with Crippen LogP contribution in [0, 0.1) is 34.6 Å². The summed E-state index contributed by atoms with van der Waals surface area (Å²) < 4.78 is 27.2. The minimum Gasteiger partial charge on any atom is -0.390 e. The third kappa shape index (κ3) is 2.27. The van der Waals surface area contributed by atoms with E-state index in [4.69, 9.17) is 10.8 Å². The maximum atomic E-state index is 13.6. The number of alkyl halides is 2. The third-order valence-corrected chi connectivity index (χ3v) is 4.03. The molecule has 1 aromatic rings. The number of halogens is 2. The fraction of sp³-hybridized carbons (Fsp3) is 0.571. The minimum atomic E-state index is -3.30. The van der Waals surface area contributed by atoms with Gasteiger partial charge in [-0.05, 0) is 68.0 Å². The van der Waals surface area contributed by atoms with E-state index in [0.717, 1.165) is 27.8 Å². The first-order chi connectivity index (χ1) is 8.15. The highest BCUT2D eigenvalue weighted by Crippen LogP contribution is 2.36. The molecule has 0 heterocycles.